The minimum absolute atomic E-state index is 0. The molecule has 0 bridgehead atoms. The first-order chi connectivity index (χ1) is 3.46. The SMILES string of the molecule is N.O=C(O)O.O=[N+]([O-])O. The molecule has 56 valence electrons. The van der Waals surface area contributed by atoms with Crippen molar-refractivity contribution in [2.75, 3.05) is 0 Å². The van der Waals surface area contributed by atoms with Gasteiger partial charge in [0.1, 0.15) is 0 Å². The van der Waals surface area contributed by atoms with Gasteiger partial charge >= 0.3 is 6.16 Å². The molecular formula is CH6N2O6. The maximum absolute atomic E-state index is 8.56. The van der Waals surface area contributed by atoms with Crippen molar-refractivity contribution in [3.63, 3.8) is 0 Å². The van der Waals surface area contributed by atoms with Crippen molar-refractivity contribution in [2.24, 2.45) is 0 Å². The molecule has 6 N–H and O–H groups in total. The lowest BCUT2D eigenvalue weighted by Gasteiger charge is -1.60. The van der Waals surface area contributed by atoms with E-state index in [-0.39, 0.29) is 6.15 Å². The fourth-order valence-electron chi connectivity index (χ4n) is 0. The second-order valence-corrected chi connectivity index (χ2v) is 0.520. The van der Waals surface area contributed by atoms with E-state index in [1.807, 2.05) is 0 Å². The van der Waals surface area contributed by atoms with Crippen molar-refractivity contribution in [1.82, 2.24) is 6.15 Å². The molecule has 9 heavy (non-hydrogen) atoms. The summed E-state index contributed by atoms with van der Waals surface area (Å²) in [4.78, 5) is 16.9. The van der Waals surface area contributed by atoms with Crippen molar-refractivity contribution >= 4 is 6.16 Å². The molecule has 0 spiro atoms. The van der Waals surface area contributed by atoms with Gasteiger partial charge < -0.3 is 21.6 Å². The molecule has 0 atom stereocenters. The summed E-state index contributed by atoms with van der Waals surface area (Å²) >= 11 is 0. The van der Waals surface area contributed by atoms with Gasteiger partial charge in [0.25, 0.3) is 5.09 Å². The number of rotatable bonds is 0. The highest BCUT2D eigenvalue weighted by Crippen LogP contribution is 1.42. The Kier molecular flexibility index (Phi) is 16.8. The summed E-state index contributed by atoms with van der Waals surface area (Å²) in [6.07, 6.45) is -1.83. The van der Waals surface area contributed by atoms with Crippen LogP contribution in [0.1, 0.15) is 0 Å². The Morgan fingerprint density at radius 2 is 1.44 bits per heavy atom. The van der Waals surface area contributed by atoms with Gasteiger partial charge in [-0.2, -0.15) is 0 Å². The predicted octanol–water partition coefficient (Wildman–Crippen LogP) is 0.0367. The van der Waals surface area contributed by atoms with Crippen LogP contribution in [0.3, 0.4) is 0 Å². The highest BCUT2D eigenvalue weighted by molar-refractivity contribution is 5.53. The molecule has 0 aliphatic heterocycles. The van der Waals surface area contributed by atoms with E-state index in [4.69, 9.17) is 30.3 Å². The van der Waals surface area contributed by atoms with Crippen LogP contribution in [0.15, 0.2) is 0 Å². The van der Waals surface area contributed by atoms with Gasteiger partial charge in [0.05, 0.1) is 0 Å². The Labute approximate surface area is 49.0 Å². The first-order valence-electron chi connectivity index (χ1n) is 1.22. The molecule has 0 aromatic rings. The van der Waals surface area contributed by atoms with E-state index in [9.17, 15) is 0 Å². The van der Waals surface area contributed by atoms with Crippen LogP contribution in [0.5, 0.6) is 0 Å². The fourth-order valence-corrected chi connectivity index (χ4v) is 0. The van der Waals surface area contributed by atoms with E-state index in [1.54, 1.807) is 0 Å². The van der Waals surface area contributed by atoms with Crippen LogP contribution >= 0.6 is 0 Å². The summed E-state index contributed by atoms with van der Waals surface area (Å²) in [7, 11) is 0. The molecule has 8 nitrogen and oxygen atoms in total. The third kappa shape index (κ3) is 51.2. The van der Waals surface area contributed by atoms with E-state index in [2.05, 4.69) is 0 Å². The van der Waals surface area contributed by atoms with Gasteiger partial charge in [-0.15, -0.1) is 10.1 Å². The third-order valence-corrected chi connectivity index (χ3v) is 0. The lowest BCUT2D eigenvalue weighted by Crippen LogP contribution is -1.81. The molecule has 0 aromatic heterocycles. The van der Waals surface area contributed by atoms with E-state index in [0.717, 1.165) is 0 Å². The van der Waals surface area contributed by atoms with Gasteiger partial charge in [-0.05, 0) is 0 Å². The molecule has 0 aliphatic carbocycles. The molecule has 0 aromatic carbocycles. The molecule has 0 saturated carbocycles. The number of hydrogen-bond acceptors (Lipinski definition) is 4. The zero-order valence-electron chi connectivity index (χ0n) is 4.22. The number of nitrogens with zero attached hydrogens (tertiary/aromatic N) is 1. The number of hydrogen-bond donors (Lipinski definition) is 4. The van der Waals surface area contributed by atoms with Crippen LogP contribution in [0.4, 0.5) is 4.79 Å². The van der Waals surface area contributed by atoms with E-state index in [0.29, 0.717) is 0 Å². The largest absolute Gasteiger partial charge is 0.503 e. The standard InChI is InChI=1S/CH2O3.HNO3.H3N/c2*2-1(3)4;/h(H2,2,3,4);(H,2,3,4);1H3. The molecule has 0 radical (unpaired) electrons. The summed E-state index contributed by atoms with van der Waals surface area (Å²) in [5, 5.41) is 27.6. The minimum Gasteiger partial charge on any atom is -0.450 e. The van der Waals surface area contributed by atoms with Gasteiger partial charge in [-0.3, -0.25) is 0 Å². The monoisotopic (exact) mass is 142 g/mol. The molecule has 0 heterocycles. The maximum atomic E-state index is 8.56. The summed E-state index contributed by atoms with van der Waals surface area (Å²) in [5.41, 5.74) is 0. The first-order valence-corrected chi connectivity index (χ1v) is 1.22. The highest BCUT2D eigenvalue weighted by Gasteiger charge is 1.70. The molecule has 0 fully saturated rings. The molecule has 0 saturated heterocycles. The molecule has 0 unspecified atom stereocenters. The Balaban J connectivity index is -0.0000000720. The first kappa shape index (κ1) is 15.7. The smallest absolute Gasteiger partial charge is 0.450 e. The van der Waals surface area contributed by atoms with Gasteiger partial charge in [0.2, 0.25) is 0 Å². The lowest BCUT2D eigenvalue weighted by atomic mass is 11.5. The van der Waals surface area contributed by atoms with Crippen molar-refractivity contribution in [2.45, 2.75) is 0 Å². The van der Waals surface area contributed by atoms with Gasteiger partial charge in [-0.25, -0.2) is 4.79 Å². The van der Waals surface area contributed by atoms with Gasteiger partial charge in [-0.1, -0.05) is 0 Å². The average Bonchev–Trinajstić information content (AvgIpc) is 1.25. The Bertz CT molecular complexity index is 69.1. The van der Waals surface area contributed by atoms with Crippen LogP contribution in [0.25, 0.3) is 0 Å². The highest BCUT2D eigenvalue weighted by atomic mass is 16.9. The summed E-state index contributed by atoms with van der Waals surface area (Å²) in [6.45, 7) is 0. The van der Waals surface area contributed by atoms with Crippen LogP contribution < -0.4 is 6.15 Å². The van der Waals surface area contributed by atoms with Gasteiger partial charge in [0.15, 0.2) is 0 Å². The van der Waals surface area contributed by atoms with Crippen molar-refractivity contribution in [3.05, 3.63) is 10.1 Å². The topological polar surface area (TPSA) is 156 Å². The molecule has 8 heteroatoms. The summed E-state index contributed by atoms with van der Waals surface area (Å²) < 4.78 is 0. The van der Waals surface area contributed by atoms with Crippen LogP contribution in [0, 0.1) is 10.1 Å². The van der Waals surface area contributed by atoms with E-state index in [1.165, 1.54) is 0 Å². The average molecular weight is 142 g/mol. The van der Waals surface area contributed by atoms with Crippen molar-refractivity contribution in [3.8, 4) is 0 Å². The third-order valence-electron chi connectivity index (χ3n) is 0. The zero-order valence-corrected chi connectivity index (χ0v) is 4.22. The predicted molar refractivity (Wildman–Crippen MR) is 24.5 cm³/mol. The van der Waals surface area contributed by atoms with Crippen molar-refractivity contribution in [1.29, 1.82) is 0 Å². The summed E-state index contributed by atoms with van der Waals surface area (Å²) in [5.74, 6) is 0. The fraction of sp³-hybridized carbons (Fsp3) is 0. The minimum atomic E-state index is -1.83. The van der Waals surface area contributed by atoms with Crippen LogP contribution in [-0.4, -0.2) is 26.7 Å². The zero-order chi connectivity index (χ0) is 7.15. The number of carbonyl (C=O) groups is 1. The molecular weight excluding hydrogens is 136 g/mol. The Morgan fingerprint density at radius 1 is 1.44 bits per heavy atom. The van der Waals surface area contributed by atoms with Gasteiger partial charge in [0, 0.05) is 0 Å². The second-order valence-electron chi connectivity index (χ2n) is 0.520. The van der Waals surface area contributed by atoms with Crippen LogP contribution in [-0.2, 0) is 0 Å². The maximum Gasteiger partial charge on any atom is 0.503 e. The molecule has 0 rings (SSSR count). The lowest BCUT2D eigenvalue weighted by molar-refractivity contribution is -0.742. The molecule has 0 aliphatic rings. The van der Waals surface area contributed by atoms with E-state index < -0.39 is 11.2 Å². The Hall–Kier alpha value is -1.57. The Morgan fingerprint density at radius 3 is 1.44 bits per heavy atom. The second kappa shape index (κ2) is 9.66. The van der Waals surface area contributed by atoms with E-state index >= 15 is 0 Å². The quantitative estimate of drug-likeness (QED) is 0.274. The summed E-state index contributed by atoms with van der Waals surface area (Å²) in [6, 6.07) is 0. The number of carboxylic acid groups (broad SMARTS) is 2. The van der Waals surface area contributed by atoms with Crippen molar-refractivity contribution < 1.29 is 25.3 Å². The van der Waals surface area contributed by atoms with Crippen LogP contribution in [0.2, 0.25) is 0 Å². The normalized spacial score (nSPS) is 5.33. The molecule has 0 amide bonds.